The molecule has 9 heteroatoms. The first-order chi connectivity index (χ1) is 13.2. The molecule has 3 aromatic rings. The van der Waals surface area contributed by atoms with Crippen molar-refractivity contribution in [2.45, 2.75) is 20.3 Å². The molecule has 0 unspecified atom stereocenters. The summed E-state index contributed by atoms with van der Waals surface area (Å²) in [6.07, 6.45) is 3.95. The second-order valence-electron chi connectivity index (χ2n) is 6.23. The van der Waals surface area contributed by atoms with E-state index in [1.807, 2.05) is 19.9 Å². The Kier molecular flexibility index (Phi) is 4.68. The number of rotatable bonds is 4. The van der Waals surface area contributed by atoms with Crippen molar-refractivity contribution in [3.8, 4) is 17.3 Å². The maximum Gasteiger partial charge on any atom is 0.258 e. The SMILES string of the molecule is CCc1noc(-c2ccnc(-n3ncc(C(=O)N4CCOCC4)c3C)c2)n1. The number of morpholine rings is 1. The predicted octanol–water partition coefficient (Wildman–Crippen LogP) is 1.66. The number of carbonyl (C=O) groups is 1. The first kappa shape index (κ1) is 17.3. The molecule has 27 heavy (non-hydrogen) atoms. The van der Waals surface area contributed by atoms with Crippen molar-refractivity contribution in [3.63, 3.8) is 0 Å². The van der Waals surface area contributed by atoms with E-state index >= 15 is 0 Å². The fourth-order valence-electron chi connectivity index (χ4n) is 2.97. The highest BCUT2D eigenvalue weighted by Crippen LogP contribution is 2.21. The normalized spacial score (nSPS) is 14.5. The van der Waals surface area contributed by atoms with Crippen molar-refractivity contribution < 1.29 is 14.1 Å². The highest BCUT2D eigenvalue weighted by molar-refractivity contribution is 5.95. The van der Waals surface area contributed by atoms with E-state index in [2.05, 4.69) is 20.2 Å². The first-order valence-corrected chi connectivity index (χ1v) is 8.88. The van der Waals surface area contributed by atoms with E-state index in [0.29, 0.717) is 55.8 Å². The van der Waals surface area contributed by atoms with Crippen LogP contribution in [0.15, 0.2) is 29.0 Å². The summed E-state index contributed by atoms with van der Waals surface area (Å²) in [6.45, 7) is 6.13. The van der Waals surface area contributed by atoms with Crippen LogP contribution < -0.4 is 0 Å². The molecule has 1 aliphatic heterocycles. The first-order valence-electron chi connectivity index (χ1n) is 8.88. The molecule has 0 N–H and O–H groups in total. The zero-order valence-electron chi connectivity index (χ0n) is 15.3. The van der Waals surface area contributed by atoms with Gasteiger partial charge >= 0.3 is 0 Å². The average molecular weight is 368 g/mol. The standard InChI is InChI=1S/C18H20N6O3/c1-3-15-21-17(27-22-15)13-4-5-19-16(10-13)24-12(2)14(11-20-24)18(25)23-6-8-26-9-7-23/h4-5,10-11H,3,6-9H2,1-2H3. The van der Waals surface area contributed by atoms with Crippen LogP contribution >= 0.6 is 0 Å². The summed E-state index contributed by atoms with van der Waals surface area (Å²) < 4.78 is 12.3. The van der Waals surface area contributed by atoms with Crippen LogP contribution in [0, 0.1) is 6.92 Å². The maximum atomic E-state index is 12.8. The third kappa shape index (κ3) is 3.33. The number of amides is 1. The van der Waals surface area contributed by atoms with Gasteiger partial charge in [0.2, 0.25) is 0 Å². The second kappa shape index (κ2) is 7.28. The Bertz CT molecular complexity index is 958. The number of pyridine rings is 1. The van der Waals surface area contributed by atoms with Crippen molar-refractivity contribution >= 4 is 5.91 Å². The summed E-state index contributed by atoms with van der Waals surface area (Å²) in [5.41, 5.74) is 2.05. The summed E-state index contributed by atoms with van der Waals surface area (Å²) >= 11 is 0. The van der Waals surface area contributed by atoms with Gasteiger partial charge in [0.1, 0.15) is 0 Å². The zero-order chi connectivity index (χ0) is 18.8. The summed E-state index contributed by atoms with van der Waals surface area (Å²) in [7, 11) is 0. The molecule has 0 aromatic carbocycles. The summed E-state index contributed by atoms with van der Waals surface area (Å²) in [5.74, 6) is 1.63. The molecule has 0 saturated carbocycles. The van der Waals surface area contributed by atoms with Gasteiger partial charge in [-0.2, -0.15) is 10.1 Å². The van der Waals surface area contributed by atoms with Crippen LogP contribution in [0.1, 0.15) is 28.8 Å². The molecule has 3 aromatic heterocycles. The number of carbonyl (C=O) groups excluding carboxylic acids is 1. The van der Waals surface area contributed by atoms with Crippen LogP contribution in [0.25, 0.3) is 17.3 Å². The van der Waals surface area contributed by atoms with Gasteiger partial charge in [0.15, 0.2) is 11.6 Å². The number of ether oxygens (including phenoxy) is 1. The number of aromatic nitrogens is 5. The van der Waals surface area contributed by atoms with E-state index in [4.69, 9.17) is 9.26 Å². The molecule has 140 valence electrons. The van der Waals surface area contributed by atoms with Gasteiger partial charge in [0, 0.05) is 31.3 Å². The van der Waals surface area contributed by atoms with Gasteiger partial charge in [-0.1, -0.05) is 12.1 Å². The number of aryl methyl sites for hydroxylation is 1. The minimum atomic E-state index is -0.0392. The Labute approximate surface area is 156 Å². The molecule has 4 heterocycles. The second-order valence-corrected chi connectivity index (χ2v) is 6.23. The Hall–Kier alpha value is -3.07. The average Bonchev–Trinajstić information content (AvgIpc) is 3.35. The van der Waals surface area contributed by atoms with Gasteiger partial charge < -0.3 is 14.2 Å². The molecule has 1 aliphatic rings. The van der Waals surface area contributed by atoms with Crippen molar-refractivity contribution in [2.75, 3.05) is 26.3 Å². The lowest BCUT2D eigenvalue weighted by molar-refractivity contribution is 0.0302. The molecule has 4 rings (SSSR count). The minimum Gasteiger partial charge on any atom is -0.378 e. The maximum absolute atomic E-state index is 12.8. The topological polar surface area (TPSA) is 99.2 Å². The molecule has 0 bridgehead atoms. The molecular weight excluding hydrogens is 348 g/mol. The molecular formula is C18H20N6O3. The highest BCUT2D eigenvalue weighted by atomic mass is 16.5. The Morgan fingerprint density at radius 1 is 1.30 bits per heavy atom. The van der Waals surface area contributed by atoms with Crippen molar-refractivity contribution in [2.24, 2.45) is 0 Å². The van der Waals surface area contributed by atoms with Crippen molar-refractivity contribution in [1.29, 1.82) is 0 Å². The third-order valence-corrected chi connectivity index (χ3v) is 4.53. The van der Waals surface area contributed by atoms with Gasteiger partial charge in [-0.3, -0.25) is 4.79 Å². The van der Waals surface area contributed by atoms with Crippen LogP contribution in [-0.4, -0.2) is 62.0 Å². The Morgan fingerprint density at radius 3 is 2.85 bits per heavy atom. The van der Waals surface area contributed by atoms with Gasteiger partial charge in [0.05, 0.1) is 30.7 Å². The third-order valence-electron chi connectivity index (χ3n) is 4.53. The lowest BCUT2D eigenvalue weighted by atomic mass is 10.2. The number of nitrogens with zero attached hydrogens (tertiary/aromatic N) is 6. The van der Waals surface area contributed by atoms with E-state index in [-0.39, 0.29) is 5.91 Å². The van der Waals surface area contributed by atoms with Crippen LogP contribution in [-0.2, 0) is 11.2 Å². The molecule has 0 spiro atoms. The van der Waals surface area contributed by atoms with Crippen LogP contribution in [0.3, 0.4) is 0 Å². The summed E-state index contributed by atoms with van der Waals surface area (Å²) in [5, 5.41) is 8.29. The molecule has 1 saturated heterocycles. The molecule has 0 aliphatic carbocycles. The molecule has 1 amide bonds. The minimum absolute atomic E-state index is 0.0392. The van der Waals surface area contributed by atoms with E-state index in [0.717, 1.165) is 11.3 Å². The monoisotopic (exact) mass is 368 g/mol. The lowest BCUT2D eigenvalue weighted by Crippen LogP contribution is -2.40. The van der Waals surface area contributed by atoms with Gasteiger partial charge in [0.25, 0.3) is 11.8 Å². The summed E-state index contributed by atoms with van der Waals surface area (Å²) in [4.78, 5) is 23.3. The fraction of sp³-hybridized carbons (Fsp3) is 0.389. The zero-order valence-corrected chi connectivity index (χ0v) is 15.3. The van der Waals surface area contributed by atoms with Gasteiger partial charge in [-0.25, -0.2) is 9.67 Å². The number of hydrogen-bond donors (Lipinski definition) is 0. The smallest absolute Gasteiger partial charge is 0.258 e. The van der Waals surface area contributed by atoms with Crippen LogP contribution in [0.4, 0.5) is 0 Å². The molecule has 1 fully saturated rings. The van der Waals surface area contributed by atoms with Crippen LogP contribution in [0.5, 0.6) is 0 Å². The van der Waals surface area contributed by atoms with Gasteiger partial charge in [-0.05, 0) is 19.1 Å². The number of hydrogen-bond acceptors (Lipinski definition) is 7. The molecule has 0 radical (unpaired) electrons. The van der Waals surface area contributed by atoms with E-state index in [1.54, 1.807) is 28.0 Å². The lowest BCUT2D eigenvalue weighted by Gasteiger charge is -2.26. The fourth-order valence-corrected chi connectivity index (χ4v) is 2.97. The molecule has 0 atom stereocenters. The van der Waals surface area contributed by atoms with Gasteiger partial charge in [-0.15, -0.1) is 0 Å². The van der Waals surface area contributed by atoms with Crippen molar-refractivity contribution in [1.82, 2.24) is 29.8 Å². The Balaban J connectivity index is 1.63. The highest BCUT2D eigenvalue weighted by Gasteiger charge is 2.23. The largest absolute Gasteiger partial charge is 0.378 e. The van der Waals surface area contributed by atoms with Crippen LogP contribution in [0.2, 0.25) is 0 Å². The van der Waals surface area contributed by atoms with E-state index in [9.17, 15) is 4.79 Å². The van der Waals surface area contributed by atoms with E-state index < -0.39 is 0 Å². The summed E-state index contributed by atoms with van der Waals surface area (Å²) in [6, 6.07) is 3.62. The van der Waals surface area contributed by atoms with Crippen molar-refractivity contribution in [3.05, 3.63) is 41.6 Å². The molecule has 9 nitrogen and oxygen atoms in total. The Morgan fingerprint density at radius 2 is 2.11 bits per heavy atom. The van der Waals surface area contributed by atoms with E-state index in [1.165, 1.54) is 0 Å². The quantitative estimate of drug-likeness (QED) is 0.690. The predicted molar refractivity (Wildman–Crippen MR) is 95.5 cm³/mol.